The van der Waals surface area contributed by atoms with Gasteiger partial charge in [-0.3, -0.25) is 10.7 Å². The largest absolute Gasteiger partial charge is 0.383 e. The molecule has 0 aromatic heterocycles. The van der Waals surface area contributed by atoms with Gasteiger partial charge in [-0.15, -0.1) is 0 Å². The maximum Gasteiger partial charge on any atom is 0.0621 e. The van der Waals surface area contributed by atoms with Crippen LogP contribution >= 0.6 is 11.6 Å². The van der Waals surface area contributed by atoms with E-state index < -0.39 is 0 Å². The summed E-state index contributed by atoms with van der Waals surface area (Å²) >= 11 is 6.26. The molecule has 6 heteroatoms. The molecule has 0 bridgehead atoms. The van der Waals surface area contributed by atoms with Gasteiger partial charge in [0.1, 0.15) is 0 Å². The molecule has 176 valence electrons. The Morgan fingerprint density at radius 2 is 2.12 bits per heavy atom. The molecule has 0 fully saturated rings. The van der Waals surface area contributed by atoms with Crippen molar-refractivity contribution in [3.8, 4) is 0 Å². The van der Waals surface area contributed by atoms with Crippen molar-refractivity contribution in [1.82, 2.24) is 15.6 Å². The van der Waals surface area contributed by atoms with Crippen LogP contribution in [0.25, 0.3) is 11.3 Å². The molecule has 2 aliphatic rings. The van der Waals surface area contributed by atoms with Crippen LogP contribution in [0, 0.1) is 0 Å². The van der Waals surface area contributed by atoms with Crippen LogP contribution in [0.15, 0.2) is 54.2 Å². The summed E-state index contributed by atoms with van der Waals surface area (Å²) in [5, 5.41) is 8.06. The highest BCUT2D eigenvalue weighted by molar-refractivity contribution is 6.30. The van der Waals surface area contributed by atoms with Gasteiger partial charge in [0.15, 0.2) is 0 Å². The van der Waals surface area contributed by atoms with Gasteiger partial charge in [-0.2, -0.15) is 0 Å². The number of hydrogen-bond donors (Lipinski definition) is 4. The van der Waals surface area contributed by atoms with Crippen LogP contribution in [-0.4, -0.2) is 30.6 Å². The van der Waals surface area contributed by atoms with Gasteiger partial charge in [0.05, 0.1) is 11.7 Å². The number of nitrogens with two attached hydrogens (primary N) is 1. The predicted octanol–water partition coefficient (Wildman–Crippen LogP) is 5.53. The van der Waals surface area contributed by atoms with Crippen LogP contribution in [-0.2, 0) is 0 Å². The molecule has 33 heavy (non-hydrogen) atoms. The third-order valence-electron chi connectivity index (χ3n) is 7.01. The zero-order valence-electron chi connectivity index (χ0n) is 19.9. The molecule has 2 unspecified atom stereocenters. The lowest BCUT2D eigenvalue weighted by atomic mass is 9.90. The second-order valence-corrected chi connectivity index (χ2v) is 9.54. The molecule has 2 heterocycles. The van der Waals surface area contributed by atoms with Gasteiger partial charge in [0.25, 0.3) is 0 Å². The fourth-order valence-corrected chi connectivity index (χ4v) is 5.00. The summed E-state index contributed by atoms with van der Waals surface area (Å²) in [5.74, 6) is 5.79. The van der Waals surface area contributed by atoms with E-state index in [9.17, 15) is 0 Å². The molecule has 2 aromatic rings. The Morgan fingerprint density at radius 3 is 2.82 bits per heavy atom. The zero-order valence-corrected chi connectivity index (χ0v) is 20.7. The summed E-state index contributed by atoms with van der Waals surface area (Å²) in [6, 6.07) is 15.6. The average molecular weight is 466 g/mol. The molecule has 0 radical (unpaired) electrons. The number of halogens is 1. The van der Waals surface area contributed by atoms with Crippen molar-refractivity contribution in [2.24, 2.45) is 5.84 Å². The highest BCUT2D eigenvalue weighted by Gasteiger charge is 2.24. The summed E-state index contributed by atoms with van der Waals surface area (Å²) in [7, 11) is 0. The number of nitrogens with zero attached hydrogens (tertiary/aromatic N) is 1. The van der Waals surface area contributed by atoms with E-state index in [1.165, 1.54) is 28.7 Å². The van der Waals surface area contributed by atoms with Gasteiger partial charge in [-0.05, 0) is 74.1 Å². The van der Waals surface area contributed by atoms with Crippen molar-refractivity contribution in [2.75, 3.05) is 25.0 Å². The van der Waals surface area contributed by atoms with Crippen LogP contribution in [0.3, 0.4) is 0 Å². The number of fused-ring (bicyclic) bond motifs is 1. The van der Waals surface area contributed by atoms with Crippen molar-refractivity contribution in [2.45, 2.75) is 52.1 Å². The minimum Gasteiger partial charge on any atom is -0.383 e. The Balaban J connectivity index is 1.71. The highest BCUT2D eigenvalue weighted by Crippen LogP contribution is 2.36. The first-order chi connectivity index (χ1) is 16.0. The Labute approximate surface area is 203 Å². The van der Waals surface area contributed by atoms with Crippen molar-refractivity contribution < 1.29 is 0 Å². The van der Waals surface area contributed by atoms with Crippen LogP contribution < -0.4 is 21.9 Å². The van der Waals surface area contributed by atoms with Gasteiger partial charge >= 0.3 is 0 Å². The maximum atomic E-state index is 6.26. The van der Waals surface area contributed by atoms with Crippen LogP contribution in [0.2, 0.25) is 5.02 Å². The molecule has 5 nitrogen and oxygen atoms in total. The van der Waals surface area contributed by atoms with E-state index in [1.54, 1.807) is 0 Å². The minimum atomic E-state index is 0.162. The molecule has 2 aliphatic heterocycles. The van der Waals surface area contributed by atoms with Crippen molar-refractivity contribution >= 4 is 28.6 Å². The van der Waals surface area contributed by atoms with Crippen LogP contribution in [0.1, 0.15) is 62.8 Å². The standard InChI is InChI=1S/C27H36ClN5/c1-4-18(2)33-14-11-20(12-15-33)21-8-9-24-25(16-21)26(10-13-30-27(24)19(3)32-29)31-23-7-5-6-22(28)17-23/h5-9,11,16-18,26,30-32H,4,10,12-15,29H2,1-3H3/b27-19-. The number of hydrazine groups is 1. The first kappa shape index (κ1) is 23.7. The smallest absolute Gasteiger partial charge is 0.0621 e. The van der Waals surface area contributed by atoms with E-state index in [4.69, 9.17) is 17.4 Å². The lowest BCUT2D eigenvalue weighted by molar-refractivity contribution is 0.225. The van der Waals surface area contributed by atoms with Crippen molar-refractivity contribution in [3.05, 3.63) is 76.0 Å². The molecule has 0 saturated heterocycles. The second-order valence-electron chi connectivity index (χ2n) is 9.10. The lowest BCUT2D eigenvalue weighted by Gasteiger charge is -2.31. The summed E-state index contributed by atoms with van der Waals surface area (Å²) in [6.45, 7) is 9.59. The maximum absolute atomic E-state index is 6.26. The normalized spacial score (nSPS) is 21.2. The number of hydrogen-bond acceptors (Lipinski definition) is 5. The average Bonchev–Trinajstić information content (AvgIpc) is 3.02. The monoisotopic (exact) mass is 465 g/mol. The first-order valence-electron chi connectivity index (χ1n) is 12.0. The molecule has 0 spiro atoms. The molecular formula is C27H36ClN5. The summed E-state index contributed by atoms with van der Waals surface area (Å²) in [4.78, 5) is 2.57. The number of rotatable bonds is 6. The van der Waals surface area contributed by atoms with E-state index in [0.717, 1.165) is 54.6 Å². The van der Waals surface area contributed by atoms with Gasteiger partial charge in [0, 0.05) is 47.6 Å². The highest BCUT2D eigenvalue weighted by atomic mass is 35.5. The third-order valence-corrected chi connectivity index (χ3v) is 7.25. The fourth-order valence-electron chi connectivity index (χ4n) is 4.81. The third kappa shape index (κ3) is 5.37. The molecule has 0 saturated carbocycles. The second kappa shape index (κ2) is 10.6. The Hall–Kier alpha value is -2.47. The lowest BCUT2D eigenvalue weighted by Crippen LogP contribution is -2.36. The van der Waals surface area contributed by atoms with E-state index in [-0.39, 0.29) is 6.04 Å². The van der Waals surface area contributed by atoms with Gasteiger partial charge in [-0.1, -0.05) is 42.8 Å². The predicted molar refractivity (Wildman–Crippen MR) is 141 cm³/mol. The topological polar surface area (TPSA) is 65.3 Å². The fraction of sp³-hybridized carbons (Fsp3) is 0.407. The number of anilines is 1. The molecule has 0 aliphatic carbocycles. The van der Waals surface area contributed by atoms with Crippen molar-refractivity contribution in [3.63, 3.8) is 0 Å². The minimum absolute atomic E-state index is 0.162. The molecular weight excluding hydrogens is 430 g/mol. The number of allylic oxidation sites excluding steroid dienone is 1. The first-order valence-corrected chi connectivity index (χ1v) is 12.4. The van der Waals surface area contributed by atoms with Crippen molar-refractivity contribution in [1.29, 1.82) is 0 Å². The number of benzene rings is 2. The zero-order chi connectivity index (χ0) is 23.4. The summed E-state index contributed by atoms with van der Waals surface area (Å²) < 4.78 is 0. The van der Waals surface area contributed by atoms with E-state index in [2.05, 4.69) is 65.1 Å². The van der Waals surface area contributed by atoms with Crippen LogP contribution in [0.4, 0.5) is 5.69 Å². The van der Waals surface area contributed by atoms with Gasteiger partial charge in [0.2, 0.25) is 0 Å². The van der Waals surface area contributed by atoms with E-state index in [0.29, 0.717) is 6.04 Å². The Kier molecular flexibility index (Phi) is 7.63. The molecule has 2 atom stereocenters. The van der Waals surface area contributed by atoms with Gasteiger partial charge in [-0.25, -0.2) is 0 Å². The Morgan fingerprint density at radius 1 is 1.27 bits per heavy atom. The summed E-state index contributed by atoms with van der Waals surface area (Å²) in [5.41, 5.74) is 11.1. The van der Waals surface area contributed by atoms with Crippen LogP contribution in [0.5, 0.6) is 0 Å². The summed E-state index contributed by atoms with van der Waals surface area (Å²) in [6.07, 6.45) is 5.63. The quantitative estimate of drug-likeness (QED) is 0.334. The SMILES string of the molecule is CCC(C)N1CC=C(c2ccc3c(c2)C(Nc2cccc(Cl)c2)CCN/C3=C(/C)NN)CC1. The van der Waals surface area contributed by atoms with E-state index >= 15 is 0 Å². The Bertz CT molecular complexity index is 1040. The number of nitrogens with one attached hydrogen (secondary N) is 3. The molecule has 2 aromatic carbocycles. The van der Waals surface area contributed by atoms with E-state index in [1.807, 2.05) is 25.1 Å². The molecule has 5 N–H and O–H groups in total. The molecule has 4 rings (SSSR count). The molecule has 0 amide bonds. The van der Waals surface area contributed by atoms with Gasteiger partial charge < -0.3 is 16.1 Å².